The second-order valence-electron chi connectivity index (χ2n) is 4.64. The summed E-state index contributed by atoms with van der Waals surface area (Å²) in [5.74, 6) is 0.161. The first kappa shape index (κ1) is 16.8. The number of methoxy groups -OCH3 is 1. The summed E-state index contributed by atoms with van der Waals surface area (Å²) in [7, 11) is 1.58. The van der Waals surface area contributed by atoms with E-state index < -0.39 is 5.97 Å². The molecule has 0 bridgehead atoms. The van der Waals surface area contributed by atoms with Gasteiger partial charge in [0.15, 0.2) is 0 Å². The molecule has 0 saturated carbocycles. The first-order valence-corrected chi connectivity index (χ1v) is 7.14. The lowest BCUT2D eigenvalue weighted by atomic mass is 10.1. The minimum absolute atomic E-state index is 0.00987. The summed E-state index contributed by atoms with van der Waals surface area (Å²) >= 11 is 0. The Morgan fingerprint density at radius 2 is 1.95 bits per heavy atom. The number of benzene rings is 1. The average molecular weight is 287 g/mol. The van der Waals surface area contributed by atoms with Crippen LogP contribution in [0.3, 0.4) is 0 Å². The van der Waals surface area contributed by atoms with Crippen molar-refractivity contribution in [2.45, 2.75) is 32.6 Å². The minimum atomic E-state index is -0.565. The van der Waals surface area contributed by atoms with Crippen molar-refractivity contribution in [1.82, 2.24) is 0 Å². The topological polar surface area (TPSA) is 59.3 Å². The SMILES string of the molecule is CCCCCCOC(=O)C(C#N)=Cc1ccc(OC)cc1. The molecular formula is C17H21NO3. The van der Waals surface area contributed by atoms with E-state index in [-0.39, 0.29) is 5.57 Å². The van der Waals surface area contributed by atoms with E-state index in [0.717, 1.165) is 37.0 Å². The molecule has 1 aromatic carbocycles. The van der Waals surface area contributed by atoms with Crippen LogP contribution in [0.25, 0.3) is 6.08 Å². The molecule has 0 aliphatic heterocycles. The van der Waals surface area contributed by atoms with E-state index in [4.69, 9.17) is 14.7 Å². The highest BCUT2D eigenvalue weighted by atomic mass is 16.5. The number of hydrogen-bond donors (Lipinski definition) is 0. The Labute approximate surface area is 126 Å². The Hall–Kier alpha value is -2.28. The summed E-state index contributed by atoms with van der Waals surface area (Å²) < 4.78 is 10.2. The van der Waals surface area contributed by atoms with E-state index in [1.807, 2.05) is 6.07 Å². The molecule has 0 aliphatic carbocycles. The van der Waals surface area contributed by atoms with Crippen LogP contribution in [0.1, 0.15) is 38.2 Å². The number of rotatable bonds is 8. The van der Waals surface area contributed by atoms with Gasteiger partial charge in [0, 0.05) is 0 Å². The van der Waals surface area contributed by atoms with Crippen molar-refractivity contribution in [3.05, 3.63) is 35.4 Å². The molecule has 0 fully saturated rings. The van der Waals surface area contributed by atoms with Crippen LogP contribution in [0.5, 0.6) is 5.75 Å². The smallest absolute Gasteiger partial charge is 0.348 e. The number of nitrogens with zero attached hydrogens (tertiary/aromatic N) is 1. The van der Waals surface area contributed by atoms with Gasteiger partial charge in [0.05, 0.1) is 13.7 Å². The lowest BCUT2D eigenvalue weighted by molar-refractivity contribution is -0.138. The third-order valence-electron chi connectivity index (χ3n) is 3.00. The van der Waals surface area contributed by atoms with Crippen LogP contribution < -0.4 is 4.74 Å². The van der Waals surface area contributed by atoms with Gasteiger partial charge in [-0.3, -0.25) is 0 Å². The Morgan fingerprint density at radius 3 is 2.52 bits per heavy atom. The molecule has 112 valence electrons. The largest absolute Gasteiger partial charge is 0.497 e. The number of unbranched alkanes of at least 4 members (excludes halogenated alkanes) is 3. The van der Waals surface area contributed by atoms with Crippen LogP contribution in [-0.2, 0) is 9.53 Å². The van der Waals surface area contributed by atoms with Crippen molar-refractivity contribution in [2.24, 2.45) is 0 Å². The summed E-state index contributed by atoms with van der Waals surface area (Å²) in [6.45, 7) is 2.48. The summed E-state index contributed by atoms with van der Waals surface area (Å²) in [6, 6.07) is 9.00. The van der Waals surface area contributed by atoms with Gasteiger partial charge >= 0.3 is 5.97 Å². The first-order valence-electron chi connectivity index (χ1n) is 7.14. The second-order valence-corrected chi connectivity index (χ2v) is 4.64. The highest BCUT2D eigenvalue weighted by Crippen LogP contribution is 2.14. The molecule has 0 aliphatic rings. The maximum atomic E-state index is 11.8. The fourth-order valence-corrected chi connectivity index (χ4v) is 1.78. The van der Waals surface area contributed by atoms with Gasteiger partial charge < -0.3 is 9.47 Å². The van der Waals surface area contributed by atoms with E-state index in [1.54, 1.807) is 31.4 Å². The van der Waals surface area contributed by atoms with Crippen molar-refractivity contribution < 1.29 is 14.3 Å². The Kier molecular flexibility index (Phi) is 7.67. The zero-order chi connectivity index (χ0) is 15.5. The fraction of sp³-hybridized carbons (Fsp3) is 0.412. The third kappa shape index (κ3) is 6.13. The van der Waals surface area contributed by atoms with Crippen LogP contribution in [0.2, 0.25) is 0 Å². The predicted molar refractivity (Wildman–Crippen MR) is 81.7 cm³/mol. The van der Waals surface area contributed by atoms with Crippen LogP contribution in [0.4, 0.5) is 0 Å². The molecule has 0 heterocycles. The second kappa shape index (κ2) is 9.60. The van der Waals surface area contributed by atoms with Crippen LogP contribution >= 0.6 is 0 Å². The molecule has 0 N–H and O–H groups in total. The molecule has 0 unspecified atom stereocenters. The van der Waals surface area contributed by atoms with Crippen molar-refractivity contribution in [3.63, 3.8) is 0 Å². The molecular weight excluding hydrogens is 266 g/mol. The maximum Gasteiger partial charge on any atom is 0.348 e. The number of nitriles is 1. The van der Waals surface area contributed by atoms with Crippen molar-refractivity contribution in [1.29, 1.82) is 5.26 Å². The molecule has 4 nitrogen and oxygen atoms in total. The van der Waals surface area contributed by atoms with Gasteiger partial charge in [-0.2, -0.15) is 5.26 Å². The Morgan fingerprint density at radius 1 is 1.24 bits per heavy atom. The molecule has 0 radical (unpaired) electrons. The number of esters is 1. The van der Waals surface area contributed by atoms with Crippen molar-refractivity contribution in [2.75, 3.05) is 13.7 Å². The first-order chi connectivity index (χ1) is 10.2. The summed E-state index contributed by atoms with van der Waals surface area (Å²) in [5.41, 5.74) is 0.769. The van der Waals surface area contributed by atoms with Gasteiger partial charge in [-0.05, 0) is 30.2 Å². The van der Waals surface area contributed by atoms with Gasteiger partial charge in [0.25, 0.3) is 0 Å². The van der Waals surface area contributed by atoms with E-state index in [2.05, 4.69) is 6.92 Å². The van der Waals surface area contributed by atoms with Crippen LogP contribution in [0, 0.1) is 11.3 Å². The third-order valence-corrected chi connectivity index (χ3v) is 3.00. The Bertz CT molecular complexity index is 512. The molecule has 0 spiro atoms. The van der Waals surface area contributed by atoms with Crippen molar-refractivity contribution >= 4 is 12.0 Å². The minimum Gasteiger partial charge on any atom is -0.497 e. The molecule has 1 rings (SSSR count). The van der Waals surface area contributed by atoms with E-state index in [1.165, 1.54) is 6.08 Å². The monoisotopic (exact) mass is 287 g/mol. The normalized spacial score (nSPS) is 10.8. The Balaban J connectivity index is 2.57. The lowest BCUT2D eigenvalue weighted by Crippen LogP contribution is -2.08. The molecule has 0 saturated heterocycles. The van der Waals surface area contributed by atoms with Gasteiger partial charge in [0.1, 0.15) is 17.4 Å². The average Bonchev–Trinajstić information content (AvgIpc) is 2.52. The maximum absolute atomic E-state index is 11.8. The fourth-order valence-electron chi connectivity index (χ4n) is 1.78. The van der Waals surface area contributed by atoms with Gasteiger partial charge in [-0.25, -0.2) is 4.79 Å². The number of carbonyl (C=O) groups excluding carboxylic acids is 1. The predicted octanol–water partition coefficient (Wildman–Crippen LogP) is 3.73. The van der Waals surface area contributed by atoms with E-state index in [0.29, 0.717) is 6.61 Å². The summed E-state index contributed by atoms with van der Waals surface area (Å²) in [6.07, 6.45) is 5.65. The molecule has 21 heavy (non-hydrogen) atoms. The molecule has 0 aromatic heterocycles. The number of carbonyl (C=O) groups is 1. The van der Waals surface area contributed by atoms with Gasteiger partial charge in [-0.1, -0.05) is 38.3 Å². The lowest BCUT2D eigenvalue weighted by Gasteiger charge is -2.04. The van der Waals surface area contributed by atoms with Crippen molar-refractivity contribution in [3.8, 4) is 11.8 Å². The zero-order valence-electron chi connectivity index (χ0n) is 12.6. The molecule has 1 aromatic rings. The van der Waals surface area contributed by atoms with Crippen LogP contribution in [0.15, 0.2) is 29.8 Å². The standard InChI is InChI=1S/C17H21NO3/c1-3-4-5-6-11-21-17(19)15(13-18)12-14-7-9-16(20-2)10-8-14/h7-10,12H,3-6,11H2,1-2H3. The zero-order valence-corrected chi connectivity index (χ0v) is 12.6. The number of hydrogen-bond acceptors (Lipinski definition) is 4. The van der Waals surface area contributed by atoms with Gasteiger partial charge in [-0.15, -0.1) is 0 Å². The molecule has 4 heteroatoms. The van der Waals surface area contributed by atoms with E-state index >= 15 is 0 Å². The highest BCUT2D eigenvalue weighted by molar-refractivity contribution is 5.97. The number of ether oxygens (including phenoxy) is 2. The quantitative estimate of drug-likeness (QED) is 0.316. The molecule has 0 atom stereocenters. The van der Waals surface area contributed by atoms with Crippen LogP contribution in [-0.4, -0.2) is 19.7 Å². The highest BCUT2D eigenvalue weighted by Gasteiger charge is 2.10. The van der Waals surface area contributed by atoms with Gasteiger partial charge in [0.2, 0.25) is 0 Å². The van der Waals surface area contributed by atoms with E-state index in [9.17, 15) is 4.79 Å². The summed E-state index contributed by atoms with van der Waals surface area (Å²) in [5, 5.41) is 9.06. The summed E-state index contributed by atoms with van der Waals surface area (Å²) in [4.78, 5) is 11.8. The molecule has 0 amide bonds.